The van der Waals surface area contributed by atoms with Gasteiger partial charge in [-0.1, -0.05) is 30.3 Å². The van der Waals surface area contributed by atoms with Crippen molar-refractivity contribution in [2.75, 3.05) is 11.5 Å². The summed E-state index contributed by atoms with van der Waals surface area (Å²) in [7, 11) is -3.82. The summed E-state index contributed by atoms with van der Waals surface area (Å²) in [6.07, 6.45) is 0. The Morgan fingerprint density at radius 3 is 2.37 bits per heavy atom. The molecule has 7 heteroatoms. The van der Waals surface area contributed by atoms with Crippen LogP contribution in [0.15, 0.2) is 65.6 Å². The van der Waals surface area contributed by atoms with Gasteiger partial charge in [-0.2, -0.15) is 0 Å². The van der Waals surface area contributed by atoms with Crippen LogP contribution >= 0.6 is 0 Å². The lowest BCUT2D eigenvalue weighted by atomic mass is 10.0. The Kier molecular flexibility index (Phi) is 4.24. The standard InChI is InChI=1S/C20H16FNO4S/c1-13-7-8-14(9-17(13)21)16-10-19-20(26-12-25-19)11-18(16)22-27(23,24)15-5-3-2-4-6-15/h2-11,22H,12H2,1H3. The van der Waals surface area contributed by atoms with Gasteiger partial charge in [-0.3, -0.25) is 4.72 Å². The SMILES string of the molecule is Cc1ccc(-c2cc3c(cc2NS(=O)(=O)c2ccccc2)OCO3)cc1F. The molecule has 1 aliphatic heterocycles. The molecule has 0 fully saturated rings. The molecule has 0 atom stereocenters. The van der Waals surface area contributed by atoms with E-state index in [1.54, 1.807) is 49.4 Å². The first kappa shape index (κ1) is 17.4. The molecule has 3 aromatic carbocycles. The minimum atomic E-state index is -3.82. The molecule has 1 heterocycles. The minimum Gasteiger partial charge on any atom is -0.454 e. The van der Waals surface area contributed by atoms with E-state index >= 15 is 0 Å². The molecule has 5 nitrogen and oxygen atoms in total. The highest BCUT2D eigenvalue weighted by molar-refractivity contribution is 7.92. The van der Waals surface area contributed by atoms with E-state index in [9.17, 15) is 12.8 Å². The number of anilines is 1. The molecule has 1 aliphatic rings. The van der Waals surface area contributed by atoms with Gasteiger partial charge in [0.15, 0.2) is 11.5 Å². The molecule has 0 spiro atoms. The minimum absolute atomic E-state index is 0.0475. The maximum absolute atomic E-state index is 14.1. The van der Waals surface area contributed by atoms with Gasteiger partial charge in [0.05, 0.1) is 10.6 Å². The van der Waals surface area contributed by atoms with Crippen molar-refractivity contribution in [2.45, 2.75) is 11.8 Å². The van der Waals surface area contributed by atoms with Crippen LogP contribution in [0.1, 0.15) is 5.56 Å². The first-order chi connectivity index (χ1) is 12.9. The number of hydrogen-bond acceptors (Lipinski definition) is 4. The summed E-state index contributed by atoms with van der Waals surface area (Å²) in [6, 6.07) is 16.0. The zero-order valence-corrected chi connectivity index (χ0v) is 15.2. The van der Waals surface area contributed by atoms with Crippen molar-refractivity contribution < 1.29 is 22.3 Å². The molecular formula is C20H16FNO4S. The van der Waals surface area contributed by atoms with Crippen molar-refractivity contribution in [3.63, 3.8) is 0 Å². The normalized spacial score (nSPS) is 12.8. The van der Waals surface area contributed by atoms with Gasteiger partial charge in [0.2, 0.25) is 6.79 Å². The smallest absolute Gasteiger partial charge is 0.261 e. The summed E-state index contributed by atoms with van der Waals surface area (Å²) in [4.78, 5) is 0.128. The van der Waals surface area contributed by atoms with Crippen LogP contribution in [0.5, 0.6) is 11.5 Å². The number of rotatable bonds is 4. The molecule has 0 saturated carbocycles. The molecule has 1 N–H and O–H groups in total. The van der Waals surface area contributed by atoms with Crippen molar-refractivity contribution in [1.29, 1.82) is 0 Å². The zero-order valence-electron chi connectivity index (χ0n) is 14.4. The predicted molar refractivity (Wildman–Crippen MR) is 99.9 cm³/mol. The van der Waals surface area contributed by atoms with Crippen molar-refractivity contribution in [2.24, 2.45) is 0 Å². The fourth-order valence-corrected chi connectivity index (χ4v) is 3.92. The Hall–Kier alpha value is -3.06. The van der Waals surface area contributed by atoms with Crippen molar-refractivity contribution in [3.8, 4) is 22.6 Å². The summed E-state index contributed by atoms with van der Waals surface area (Å²) in [5, 5.41) is 0. The average molecular weight is 385 g/mol. The Labute approximate surface area is 156 Å². The van der Waals surface area contributed by atoms with E-state index in [1.165, 1.54) is 18.2 Å². The average Bonchev–Trinajstić information content (AvgIpc) is 3.11. The van der Waals surface area contributed by atoms with Gasteiger partial charge in [0.1, 0.15) is 5.82 Å². The third kappa shape index (κ3) is 3.33. The number of aryl methyl sites for hydroxylation is 1. The number of ether oxygens (including phenoxy) is 2. The Balaban J connectivity index is 1.83. The summed E-state index contributed by atoms with van der Waals surface area (Å²) in [6.45, 7) is 1.71. The third-order valence-corrected chi connectivity index (χ3v) is 5.67. The highest BCUT2D eigenvalue weighted by atomic mass is 32.2. The van der Waals surface area contributed by atoms with Gasteiger partial charge in [-0.15, -0.1) is 0 Å². The quantitative estimate of drug-likeness (QED) is 0.726. The molecule has 27 heavy (non-hydrogen) atoms. The number of nitrogens with one attached hydrogen (secondary N) is 1. The molecule has 138 valence electrons. The first-order valence-electron chi connectivity index (χ1n) is 8.22. The van der Waals surface area contributed by atoms with Crippen LogP contribution in [-0.2, 0) is 10.0 Å². The van der Waals surface area contributed by atoms with Crippen LogP contribution in [0, 0.1) is 12.7 Å². The highest BCUT2D eigenvalue weighted by Gasteiger charge is 2.22. The summed E-state index contributed by atoms with van der Waals surface area (Å²) >= 11 is 0. The Morgan fingerprint density at radius 1 is 0.963 bits per heavy atom. The fourth-order valence-electron chi connectivity index (χ4n) is 2.83. The molecule has 4 rings (SSSR count). The second kappa shape index (κ2) is 6.59. The van der Waals surface area contributed by atoms with Gasteiger partial charge in [0, 0.05) is 11.6 Å². The van der Waals surface area contributed by atoms with Crippen LogP contribution in [0.2, 0.25) is 0 Å². The predicted octanol–water partition coefficient (Wildman–Crippen LogP) is 4.33. The fraction of sp³-hybridized carbons (Fsp3) is 0.100. The van der Waals surface area contributed by atoms with Crippen LogP contribution in [0.25, 0.3) is 11.1 Å². The van der Waals surface area contributed by atoms with Gasteiger partial charge in [0.25, 0.3) is 10.0 Å². The lowest BCUT2D eigenvalue weighted by Gasteiger charge is -2.14. The van der Waals surface area contributed by atoms with E-state index in [-0.39, 0.29) is 23.2 Å². The summed E-state index contributed by atoms with van der Waals surface area (Å²) in [5.74, 6) is 0.535. The zero-order chi connectivity index (χ0) is 19.0. The summed E-state index contributed by atoms with van der Waals surface area (Å²) in [5.41, 5.74) is 1.82. The highest BCUT2D eigenvalue weighted by Crippen LogP contribution is 2.42. The van der Waals surface area contributed by atoms with Gasteiger partial charge in [-0.05, 0) is 42.3 Å². The van der Waals surface area contributed by atoms with Crippen molar-refractivity contribution >= 4 is 15.7 Å². The molecule has 0 amide bonds. The van der Waals surface area contributed by atoms with Gasteiger partial charge < -0.3 is 9.47 Å². The van der Waals surface area contributed by atoms with E-state index in [0.717, 1.165) is 0 Å². The molecule has 0 radical (unpaired) electrons. The number of halogens is 1. The largest absolute Gasteiger partial charge is 0.454 e. The molecule has 0 aromatic heterocycles. The van der Waals surface area contributed by atoms with E-state index in [0.29, 0.717) is 28.2 Å². The van der Waals surface area contributed by atoms with Crippen LogP contribution in [-0.4, -0.2) is 15.2 Å². The second-order valence-corrected chi connectivity index (χ2v) is 7.82. The van der Waals surface area contributed by atoms with E-state index in [4.69, 9.17) is 9.47 Å². The lowest BCUT2D eigenvalue weighted by Crippen LogP contribution is -2.13. The molecule has 0 aliphatic carbocycles. The number of benzene rings is 3. The van der Waals surface area contributed by atoms with Crippen LogP contribution in [0.3, 0.4) is 0 Å². The number of sulfonamides is 1. The number of fused-ring (bicyclic) bond motifs is 1. The second-order valence-electron chi connectivity index (χ2n) is 6.13. The third-order valence-electron chi connectivity index (χ3n) is 4.29. The monoisotopic (exact) mass is 385 g/mol. The van der Waals surface area contributed by atoms with Crippen molar-refractivity contribution in [3.05, 3.63) is 72.0 Å². The van der Waals surface area contributed by atoms with E-state index in [2.05, 4.69) is 4.72 Å². The molecule has 0 unspecified atom stereocenters. The van der Waals surface area contributed by atoms with E-state index < -0.39 is 10.0 Å². The first-order valence-corrected chi connectivity index (χ1v) is 9.70. The van der Waals surface area contributed by atoms with Gasteiger partial charge >= 0.3 is 0 Å². The maximum Gasteiger partial charge on any atom is 0.261 e. The van der Waals surface area contributed by atoms with Crippen LogP contribution < -0.4 is 14.2 Å². The molecule has 3 aromatic rings. The topological polar surface area (TPSA) is 64.6 Å². The molecular weight excluding hydrogens is 369 g/mol. The molecule has 0 saturated heterocycles. The summed E-state index contributed by atoms with van der Waals surface area (Å²) < 4.78 is 52.9. The lowest BCUT2D eigenvalue weighted by molar-refractivity contribution is 0.174. The molecule has 0 bridgehead atoms. The maximum atomic E-state index is 14.1. The van der Waals surface area contributed by atoms with Crippen molar-refractivity contribution in [1.82, 2.24) is 0 Å². The Morgan fingerprint density at radius 2 is 1.67 bits per heavy atom. The van der Waals surface area contributed by atoms with Crippen LogP contribution in [0.4, 0.5) is 10.1 Å². The van der Waals surface area contributed by atoms with E-state index in [1.807, 2.05) is 0 Å². The Bertz CT molecular complexity index is 1110. The number of hydrogen-bond donors (Lipinski definition) is 1. The van der Waals surface area contributed by atoms with Gasteiger partial charge in [-0.25, -0.2) is 12.8 Å².